The summed E-state index contributed by atoms with van der Waals surface area (Å²) in [7, 11) is 3.24. The third-order valence-electron chi connectivity index (χ3n) is 5.57. The number of aliphatic carboxylic acids is 2. The Labute approximate surface area is 241 Å². The molecule has 1 aromatic rings. The number of carboxylic acid groups (broad SMARTS) is 2. The number of methoxy groups -OCH3 is 2. The van der Waals surface area contributed by atoms with Crippen LogP contribution in [0, 0.1) is 0 Å². The molecule has 4 N–H and O–H groups in total. The number of ether oxygens (including phenoxy) is 4. The second-order valence-corrected chi connectivity index (χ2v) is 8.73. The molecule has 0 saturated carbocycles. The second kappa shape index (κ2) is 23.9. The highest BCUT2D eigenvalue weighted by Crippen LogP contribution is 2.30. The van der Waals surface area contributed by atoms with Gasteiger partial charge in [-0.15, -0.1) is 0 Å². The van der Waals surface area contributed by atoms with Crippen molar-refractivity contribution in [2.24, 2.45) is 0 Å². The van der Waals surface area contributed by atoms with Crippen molar-refractivity contribution in [1.29, 1.82) is 0 Å². The van der Waals surface area contributed by atoms with E-state index in [4.69, 9.17) is 24.1 Å². The number of nitrogens with one attached hydrogen (secondary N) is 3. The number of carboxylic acids is 2. The molecule has 0 aliphatic rings. The molecular formula is C28H45N3O10. The lowest BCUT2D eigenvalue weighted by Crippen LogP contribution is -3.13. The van der Waals surface area contributed by atoms with Crippen molar-refractivity contribution in [3.63, 3.8) is 0 Å². The molecule has 0 bridgehead atoms. The molecule has 0 heterocycles. The molecule has 0 radical (unpaired) electrons. The van der Waals surface area contributed by atoms with Crippen molar-refractivity contribution in [2.45, 2.75) is 46.0 Å². The molecule has 13 nitrogen and oxygen atoms in total. The minimum atomic E-state index is -1.51. The van der Waals surface area contributed by atoms with Crippen LogP contribution >= 0.6 is 0 Å². The fraction of sp³-hybridized carbons (Fsp3) is 0.571. The minimum Gasteiger partial charge on any atom is -0.545 e. The SMILES string of the molecule is CCCCNC(=O)OCC[NH+](CCOC(=O)NCCCC)CCc1cccc(OC)c1OC.O=C([O-])/C=C\C(=O)O. The fourth-order valence-electron chi connectivity index (χ4n) is 3.39. The highest BCUT2D eigenvalue weighted by molar-refractivity contribution is 5.88. The maximum Gasteiger partial charge on any atom is 0.407 e. The fourth-order valence-corrected chi connectivity index (χ4v) is 3.39. The number of rotatable bonds is 19. The zero-order chi connectivity index (χ0) is 30.9. The Kier molecular flexibility index (Phi) is 21.5. The molecule has 2 amide bonds. The Balaban J connectivity index is 0.00000173. The third kappa shape index (κ3) is 19.7. The molecule has 1 rings (SSSR count). The maximum atomic E-state index is 11.8. The van der Waals surface area contributed by atoms with Crippen LogP contribution in [-0.4, -0.2) is 89.4 Å². The van der Waals surface area contributed by atoms with Gasteiger partial charge in [-0.05, 0) is 25.0 Å². The van der Waals surface area contributed by atoms with Crippen molar-refractivity contribution < 1.29 is 53.2 Å². The lowest BCUT2D eigenvalue weighted by molar-refractivity contribution is -0.900. The van der Waals surface area contributed by atoms with Gasteiger partial charge in [0.05, 0.1) is 26.7 Å². The number of alkyl carbamates (subject to hydrolysis) is 2. The van der Waals surface area contributed by atoms with E-state index in [-0.39, 0.29) is 13.2 Å². The number of carbonyl (C=O) groups excluding carboxylic acids is 3. The zero-order valence-electron chi connectivity index (χ0n) is 24.5. The molecule has 0 aliphatic heterocycles. The molecule has 0 aliphatic carbocycles. The maximum absolute atomic E-state index is 11.8. The number of carbonyl (C=O) groups is 4. The summed E-state index contributed by atoms with van der Waals surface area (Å²) < 4.78 is 21.5. The van der Waals surface area contributed by atoms with Gasteiger partial charge >= 0.3 is 18.2 Å². The van der Waals surface area contributed by atoms with Crippen LogP contribution < -0.4 is 30.1 Å². The van der Waals surface area contributed by atoms with E-state index >= 15 is 0 Å². The molecule has 1 aromatic carbocycles. The smallest absolute Gasteiger partial charge is 0.407 e. The van der Waals surface area contributed by atoms with Crippen molar-refractivity contribution >= 4 is 24.1 Å². The monoisotopic (exact) mass is 583 g/mol. The summed E-state index contributed by atoms with van der Waals surface area (Å²) in [6, 6.07) is 5.81. The quantitative estimate of drug-likeness (QED) is 0.133. The molecule has 41 heavy (non-hydrogen) atoms. The summed E-state index contributed by atoms with van der Waals surface area (Å²) in [5.74, 6) is -1.39. The van der Waals surface area contributed by atoms with E-state index in [0.29, 0.717) is 44.1 Å². The van der Waals surface area contributed by atoms with Crippen LogP contribution in [0.1, 0.15) is 45.1 Å². The molecule has 13 heteroatoms. The molecule has 0 unspecified atom stereocenters. The summed E-state index contributed by atoms with van der Waals surface area (Å²) in [5.41, 5.74) is 1.03. The van der Waals surface area contributed by atoms with Gasteiger partial charge in [0, 0.05) is 31.1 Å². The average Bonchev–Trinajstić information content (AvgIpc) is 2.94. The van der Waals surface area contributed by atoms with Gasteiger partial charge < -0.3 is 49.5 Å². The number of quaternary nitrogens is 1. The Morgan fingerprint density at radius 1 is 0.878 bits per heavy atom. The van der Waals surface area contributed by atoms with E-state index in [2.05, 4.69) is 24.5 Å². The number of amides is 2. The zero-order valence-corrected chi connectivity index (χ0v) is 24.5. The number of para-hydroxylation sites is 1. The Hall–Kier alpha value is -4.00. The van der Waals surface area contributed by atoms with E-state index < -0.39 is 24.1 Å². The van der Waals surface area contributed by atoms with E-state index in [9.17, 15) is 24.3 Å². The second-order valence-electron chi connectivity index (χ2n) is 8.73. The van der Waals surface area contributed by atoms with Crippen LogP contribution in [0.3, 0.4) is 0 Å². The molecule has 232 valence electrons. The summed E-state index contributed by atoms with van der Waals surface area (Å²) in [5, 5.41) is 22.7. The number of unbranched alkanes of at least 4 members (excludes halogenated alkanes) is 2. The van der Waals surface area contributed by atoms with Crippen molar-refractivity contribution in [1.82, 2.24) is 10.6 Å². The average molecular weight is 584 g/mol. The summed E-state index contributed by atoms with van der Waals surface area (Å²) in [6.45, 7) is 7.89. The first-order chi connectivity index (χ1) is 19.7. The van der Waals surface area contributed by atoms with Crippen molar-refractivity contribution in [2.75, 3.05) is 60.2 Å². The Morgan fingerprint density at radius 2 is 1.44 bits per heavy atom. The largest absolute Gasteiger partial charge is 0.545 e. The van der Waals surface area contributed by atoms with Gasteiger partial charge in [0.1, 0.15) is 26.3 Å². The minimum absolute atomic E-state index is 0.283. The van der Waals surface area contributed by atoms with Gasteiger partial charge in [0.15, 0.2) is 11.5 Å². The summed E-state index contributed by atoms with van der Waals surface area (Å²) in [4.78, 5) is 43.7. The predicted molar refractivity (Wildman–Crippen MR) is 149 cm³/mol. The third-order valence-corrected chi connectivity index (χ3v) is 5.57. The molecule has 0 saturated heterocycles. The van der Waals surface area contributed by atoms with Gasteiger partial charge in [-0.1, -0.05) is 38.8 Å². The van der Waals surface area contributed by atoms with Gasteiger partial charge in [0.2, 0.25) is 0 Å². The highest BCUT2D eigenvalue weighted by Gasteiger charge is 2.15. The van der Waals surface area contributed by atoms with Crippen LogP contribution in [0.25, 0.3) is 0 Å². The van der Waals surface area contributed by atoms with Crippen LogP contribution in [0.15, 0.2) is 30.4 Å². The van der Waals surface area contributed by atoms with Crippen LogP contribution in [0.5, 0.6) is 11.5 Å². The van der Waals surface area contributed by atoms with Crippen LogP contribution in [-0.2, 0) is 25.5 Å². The predicted octanol–water partition coefficient (Wildman–Crippen LogP) is 0.561. The normalized spacial score (nSPS) is 10.4. The highest BCUT2D eigenvalue weighted by atomic mass is 16.6. The van der Waals surface area contributed by atoms with Crippen LogP contribution in [0.4, 0.5) is 9.59 Å². The van der Waals surface area contributed by atoms with Gasteiger partial charge in [-0.2, -0.15) is 0 Å². The van der Waals surface area contributed by atoms with E-state index in [1.165, 1.54) is 0 Å². The molecular weight excluding hydrogens is 538 g/mol. The van der Waals surface area contributed by atoms with Gasteiger partial charge in [0.25, 0.3) is 0 Å². The van der Waals surface area contributed by atoms with E-state index in [1.54, 1.807) is 14.2 Å². The Bertz CT molecular complexity index is 896. The van der Waals surface area contributed by atoms with Gasteiger partial charge in [-0.3, -0.25) is 0 Å². The summed E-state index contributed by atoms with van der Waals surface area (Å²) >= 11 is 0. The van der Waals surface area contributed by atoms with Gasteiger partial charge in [-0.25, -0.2) is 14.4 Å². The molecule has 0 atom stereocenters. The van der Waals surface area contributed by atoms with Crippen molar-refractivity contribution in [3.05, 3.63) is 35.9 Å². The first-order valence-electron chi connectivity index (χ1n) is 13.6. The number of benzene rings is 1. The summed E-state index contributed by atoms with van der Waals surface area (Å²) in [6.07, 6.45) is 4.75. The molecule has 0 fully saturated rings. The van der Waals surface area contributed by atoms with E-state index in [1.807, 2.05) is 18.2 Å². The standard InChI is InChI=1S/C24H41N3O6.C4H4O4/c1-5-7-13-25-23(28)32-18-16-27(17-19-33-24(29)26-14-8-6-2)15-12-20-10-9-11-21(30-3)22(20)31-4;5-3(6)1-2-4(7)8/h9-11H,5-8,12-19H2,1-4H3,(H,25,28)(H,26,29);1-2H,(H,5,6)(H,7,8)/b;2-1-. The molecule has 0 aromatic heterocycles. The Morgan fingerprint density at radius 3 is 1.85 bits per heavy atom. The number of hydrogen-bond donors (Lipinski definition) is 4. The first kappa shape index (κ1) is 37.0. The van der Waals surface area contributed by atoms with Crippen LogP contribution in [0.2, 0.25) is 0 Å². The van der Waals surface area contributed by atoms with E-state index in [0.717, 1.165) is 54.9 Å². The topological polar surface area (TPSA) is 177 Å². The first-order valence-corrected chi connectivity index (χ1v) is 13.6. The lowest BCUT2D eigenvalue weighted by atomic mass is 10.1. The lowest BCUT2D eigenvalue weighted by Gasteiger charge is -2.20. The molecule has 0 spiro atoms. The number of hydrogen-bond acceptors (Lipinski definition) is 9. The van der Waals surface area contributed by atoms with Crippen molar-refractivity contribution in [3.8, 4) is 11.5 Å².